The van der Waals surface area contributed by atoms with Gasteiger partial charge in [0.1, 0.15) is 6.04 Å². The molecule has 0 saturated heterocycles. The summed E-state index contributed by atoms with van der Waals surface area (Å²) in [7, 11) is 0. The Bertz CT molecular complexity index is 1250. The molecule has 3 aromatic rings. The Morgan fingerprint density at radius 1 is 1.19 bits per heavy atom. The summed E-state index contributed by atoms with van der Waals surface area (Å²) in [5.74, 6) is 1.23. The molecule has 1 N–H and O–H groups in total. The van der Waals surface area contributed by atoms with Crippen LogP contribution in [0.1, 0.15) is 36.4 Å². The number of Topliss-reactive ketones (excluding diaryl/α,β-unsaturated/α-hetero) is 1. The predicted molar refractivity (Wildman–Crippen MR) is 122 cm³/mol. The molecular formula is C22H18ClN5O3S. The van der Waals surface area contributed by atoms with E-state index in [9.17, 15) is 14.9 Å². The number of aromatic nitrogens is 3. The highest BCUT2D eigenvalue weighted by Crippen LogP contribution is 2.41. The van der Waals surface area contributed by atoms with Crippen LogP contribution in [0, 0.1) is 10.1 Å². The van der Waals surface area contributed by atoms with E-state index in [-0.39, 0.29) is 11.5 Å². The van der Waals surface area contributed by atoms with Crippen molar-refractivity contribution in [3.63, 3.8) is 0 Å². The number of nitro benzene ring substituents is 1. The summed E-state index contributed by atoms with van der Waals surface area (Å²) in [5.41, 5.74) is 3.26. The smallest absolute Gasteiger partial charge is 0.269 e. The SMILES string of the molecule is O=C1CCCC2=C1C(c1ccc([N+](=O)[O-])cc1)n1nc(SCc3ccccc3Cl)nc1N2. The number of thioether (sulfide) groups is 1. The third kappa shape index (κ3) is 3.78. The number of allylic oxidation sites excluding steroid dienone is 2. The van der Waals surface area contributed by atoms with Crippen molar-refractivity contribution in [1.29, 1.82) is 0 Å². The first kappa shape index (κ1) is 20.7. The van der Waals surface area contributed by atoms with Crippen LogP contribution in [0.5, 0.6) is 0 Å². The standard InChI is InChI=1S/C22H18ClN5O3S/c23-16-5-2-1-4-14(16)12-32-22-25-21-24-17-6-3-7-18(29)19(17)20(27(21)26-22)13-8-10-15(11-9-13)28(30)31/h1-2,4-5,8-11,20H,3,6-7,12H2,(H,24,25,26). The Kier molecular flexibility index (Phi) is 5.44. The van der Waals surface area contributed by atoms with Crippen LogP contribution in [-0.2, 0) is 10.5 Å². The summed E-state index contributed by atoms with van der Waals surface area (Å²) in [4.78, 5) is 28.1. The van der Waals surface area contributed by atoms with Crippen LogP contribution in [0.2, 0.25) is 5.02 Å². The van der Waals surface area contributed by atoms with Crippen molar-refractivity contribution in [3.8, 4) is 0 Å². The van der Waals surface area contributed by atoms with Crippen LogP contribution < -0.4 is 5.32 Å². The minimum Gasteiger partial charge on any atom is -0.328 e. The van der Waals surface area contributed by atoms with Gasteiger partial charge in [0.2, 0.25) is 11.1 Å². The van der Waals surface area contributed by atoms with E-state index in [1.165, 1.54) is 23.9 Å². The summed E-state index contributed by atoms with van der Waals surface area (Å²) in [6.45, 7) is 0. The first-order valence-electron chi connectivity index (χ1n) is 10.1. The fourth-order valence-corrected chi connectivity index (χ4v) is 5.16. The zero-order valence-electron chi connectivity index (χ0n) is 16.8. The number of nitrogens with zero attached hydrogens (tertiary/aromatic N) is 4. The van der Waals surface area contributed by atoms with Crippen LogP contribution in [0.25, 0.3) is 0 Å². The van der Waals surface area contributed by atoms with Gasteiger partial charge in [-0.25, -0.2) is 4.68 Å². The average molecular weight is 468 g/mol. The van der Waals surface area contributed by atoms with Crippen molar-refractivity contribution in [1.82, 2.24) is 14.8 Å². The maximum Gasteiger partial charge on any atom is 0.269 e. The van der Waals surface area contributed by atoms with Crippen LogP contribution >= 0.6 is 23.4 Å². The Morgan fingerprint density at radius 3 is 2.72 bits per heavy atom. The molecule has 162 valence electrons. The lowest BCUT2D eigenvalue weighted by Gasteiger charge is -2.32. The average Bonchev–Trinajstić information content (AvgIpc) is 3.20. The lowest BCUT2D eigenvalue weighted by molar-refractivity contribution is -0.384. The number of benzene rings is 2. The maximum absolute atomic E-state index is 12.9. The summed E-state index contributed by atoms with van der Waals surface area (Å²) in [5, 5.41) is 20.3. The van der Waals surface area contributed by atoms with Crippen LogP contribution in [0.4, 0.5) is 11.6 Å². The van der Waals surface area contributed by atoms with Gasteiger partial charge in [-0.3, -0.25) is 14.9 Å². The van der Waals surface area contributed by atoms with Crippen molar-refractivity contribution in [2.75, 3.05) is 5.32 Å². The number of halogens is 1. The van der Waals surface area contributed by atoms with Gasteiger partial charge in [0.15, 0.2) is 5.78 Å². The van der Waals surface area contributed by atoms with Crippen molar-refractivity contribution in [2.45, 2.75) is 36.2 Å². The minimum absolute atomic E-state index is 0.00153. The van der Waals surface area contributed by atoms with E-state index in [0.29, 0.717) is 33.9 Å². The molecular weight excluding hydrogens is 450 g/mol. The van der Waals surface area contributed by atoms with Gasteiger partial charge < -0.3 is 5.32 Å². The Morgan fingerprint density at radius 2 is 1.97 bits per heavy atom. The number of rotatable bonds is 5. The van der Waals surface area contributed by atoms with E-state index < -0.39 is 11.0 Å². The molecule has 0 radical (unpaired) electrons. The molecule has 0 saturated carbocycles. The molecule has 0 amide bonds. The largest absolute Gasteiger partial charge is 0.328 e. The number of nitro groups is 1. The second kappa shape index (κ2) is 8.40. The lowest BCUT2D eigenvalue weighted by Crippen LogP contribution is -2.31. The molecule has 0 spiro atoms. The van der Waals surface area contributed by atoms with Gasteiger partial charge in [0, 0.05) is 40.6 Å². The van der Waals surface area contributed by atoms with Gasteiger partial charge in [-0.1, -0.05) is 41.6 Å². The molecule has 10 heteroatoms. The zero-order valence-corrected chi connectivity index (χ0v) is 18.4. The molecule has 5 rings (SSSR count). The normalized spacial score (nSPS) is 17.5. The van der Waals surface area contributed by atoms with Gasteiger partial charge in [-0.05, 0) is 42.2 Å². The van der Waals surface area contributed by atoms with Gasteiger partial charge in [-0.2, -0.15) is 4.98 Å². The second-order valence-electron chi connectivity index (χ2n) is 7.59. The highest BCUT2D eigenvalue weighted by Gasteiger charge is 2.37. The van der Waals surface area contributed by atoms with Gasteiger partial charge in [-0.15, -0.1) is 5.10 Å². The molecule has 2 aliphatic rings. The van der Waals surface area contributed by atoms with Crippen molar-refractivity contribution in [3.05, 3.63) is 86.1 Å². The van der Waals surface area contributed by atoms with E-state index in [1.54, 1.807) is 16.8 Å². The highest BCUT2D eigenvalue weighted by atomic mass is 35.5. The summed E-state index contributed by atoms with van der Waals surface area (Å²) < 4.78 is 1.71. The van der Waals surface area contributed by atoms with Gasteiger partial charge in [0.25, 0.3) is 5.69 Å². The molecule has 1 aromatic heterocycles. The molecule has 32 heavy (non-hydrogen) atoms. The number of non-ortho nitro benzene ring substituents is 1. The van der Waals surface area contributed by atoms with Crippen LogP contribution in [0.15, 0.2) is 65.0 Å². The Hall–Kier alpha value is -3.17. The zero-order chi connectivity index (χ0) is 22.2. The van der Waals surface area contributed by atoms with E-state index in [1.807, 2.05) is 24.3 Å². The maximum atomic E-state index is 12.9. The number of carbonyl (C=O) groups is 1. The van der Waals surface area contributed by atoms with Crippen molar-refractivity contribution < 1.29 is 9.72 Å². The number of fused-ring (bicyclic) bond motifs is 1. The molecule has 1 aliphatic heterocycles. The fraction of sp³-hybridized carbons (Fsp3) is 0.227. The number of nitrogens with one attached hydrogen (secondary N) is 1. The minimum atomic E-state index is -0.475. The third-order valence-corrected chi connectivity index (χ3v) is 6.84. The fourth-order valence-electron chi connectivity index (χ4n) is 4.04. The number of hydrogen-bond donors (Lipinski definition) is 1. The lowest BCUT2D eigenvalue weighted by atomic mass is 9.85. The van der Waals surface area contributed by atoms with Crippen LogP contribution in [-0.4, -0.2) is 25.5 Å². The molecule has 2 heterocycles. The quantitative estimate of drug-likeness (QED) is 0.314. The highest BCUT2D eigenvalue weighted by molar-refractivity contribution is 7.98. The number of ketones is 1. The second-order valence-corrected chi connectivity index (χ2v) is 8.94. The molecule has 0 fully saturated rings. The Labute approximate surface area is 192 Å². The Balaban J connectivity index is 1.51. The first-order valence-corrected chi connectivity index (χ1v) is 11.5. The molecule has 1 atom stereocenters. The molecule has 1 unspecified atom stereocenters. The number of hydrogen-bond acceptors (Lipinski definition) is 7. The molecule has 2 aromatic carbocycles. The molecule has 8 nitrogen and oxygen atoms in total. The predicted octanol–water partition coefficient (Wildman–Crippen LogP) is 5.15. The molecule has 0 bridgehead atoms. The van der Waals surface area contributed by atoms with Crippen LogP contribution in [0.3, 0.4) is 0 Å². The summed E-state index contributed by atoms with van der Waals surface area (Å²) in [6.07, 6.45) is 2.00. The number of carbonyl (C=O) groups excluding carboxylic acids is 1. The van der Waals surface area contributed by atoms with Crippen molar-refractivity contribution >= 4 is 40.8 Å². The van der Waals surface area contributed by atoms with Crippen molar-refractivity contribution in [2.24, 2.45) is 0 Å². The third-order valence-electron chi connectivity index (χ3n) is 5.58. The van der Waals surface area contributed by atoms with E-state index in [2.05, 4.69) is 15.4 Å². The van der Waals surface area contributed by atoms with Gasteiger partial charge >= 0.3 is 0 Å². The van der Waals surface area contributed by atoms with Gasteiger partial charge in [0.05, 0.1) is 4.92 Å². The number of anilines is 1. The summed E-state index contributed by atoms with van der Waals surface area (Å²) in [6, 6.07) is 13.4. The molecule has 1 aliphatic carbocycles. The summed E-state index contributed by atoms with van der Waals surface area (Å²) >= 11 is 7.72. The first-order chi connectivity index (χ1) is 15.5. The monoisotopic (exact) mass is 467 g/mol. The van der Waals surface area contributed by atoms with E-state index >= 15 is 0 Å². The topological polar surface area (TPSA) is 103 Å². The van der Waals surface area contributed by atoms with E-state index in [0.717, 1.165) is 29.7 Å². The van der Waals surface area contributed by atoms with E-state index in [4.69, 9.17) is 11.6 Å².